The van der Waals surface area contributed by atoms with E-state index < -0.39 is 28.5 Å². The number of hydrogen-bond acceptors (Lipinski definition) is 6. The van der Waals surface area contributed by atoms with Crippen molar-refractivity contribution in [2.75, 3.05) is 11.3 Å². The van der Waals surface area contributed by atoms with E-state index in [-0.39, 0.29) is 15.5 Å². The number of nitrogens with two attached hydrogens (primary N) is 1. The smallest absolute Gasteiger partial charge is 0.340 e. The number of primary amides is 1. The van der Waals surface area contributed by atoms with Gasteiger partial charge in [0.05, 0.1) is 15.0 Å². The van der Waals surface area contributed by atoms with Crippen LogP contribution in [0.4, 0.5) is 5.69 Å². The van der Waals surface area contributed by atoms with Crippen molar-refractivity contribution >= 4 is 54.9 Å². The molecule has 0 fully saturated rings. The van der Waals surface area contributed by atoms with Crippen molar-refractivity contribution in [2.24, 2.45) is 5.73 Å². The summed E-state index contributed by atoms with van der Waals surface area (Å²) < 4.78 is 32.4. The normalized spacial score (nSPS) is 11.0. The molecule has 7 nitrogen and oxygen atoms in total. The number of anilines is 1. The molecule has 0 aliphatic rings. The van der Waals surface area contributed by atoms with Crippen LogP contribution in [0.1, 0.15) is 10.4 Å². The number of sulfonamides is 1. The number of amides is 1. The fourth-order valence-electron chi connectivity index (χ4n) is 1.60. The average molecular weight is 419 g/mol. The summed E-state index contributed by atoms with van der Waals surface area (Å²) in [6.07, 6.45) is 0. The van der Waals surface area contributed by atoms with Gasteiger partial charge in [-0.05, 0) is 40.2 Å². The monoisotopic (exact) mass is 418 g/mol. The highest BCUT2D eigenvalue weighted by atomic mass is 79.9. The summed E-state index contributed by atoms with van der Waals surface area (Å²) in [7, 11) is -3.84. The van der Waals surface area contributed by atoms with E-state index in [1.165, 1.54) is 18.2 Å². The van der Waals surface area contributed by atoms with Gasteiger partial charge < -0.3 is 10.5 Å². The predicted molar refractivity (Wildman–Crippen MR) is 88.7 cm³/mol. The number of benzene rings is 1. The van der Waals surface area contributed by atoms with Gasteiger partial charge in [-0.15, -0.1) is 11.3 Å². The lowest BCUT2D eigenvalue weighted by molar-refractivity contribution is -0.121. The van der Waals surface area contributed by atoms with Crippen molar-refractivity contribution in [3.05, 3.63) is 45.7 Å². The molecule has 122 valence electrons. The molecule has 0 radical (unpaired) electrons. The van der Waals surface area contributed by atoms with E-state index in [2.05, 4.69) is 20.7 Å². The minimum atomic E-state index is -3.84. The number of nitrogens with one attached hydrogen (secondary N) is 1. The summed E-state index contributed by atoms with van der Waals surface area (Å²) in [4.78, 5) is 22.6. The lowest BCUT2D eigenvalue weighted by atomic mass is 10.2. The van der Waals surface area contributed by atoms with Gasteiger partial charge in [0.25, 0.3) is 15.9 Å². The van der Waals surface area contributed by atoms with Gasteiger partial charge in [-0.25, -0.2) is 13.2 Å². The minimum Gasteiger partial charge on any atom is -0.452 e. The quantitative estimate of drug-likeness (QED) is 0.695. The molecule has 0 saturated carbocycles. The first-order chi connectivity index (χ1) is 10.8. The van der Waals surface area contributed by atoms with E-state index in [4.69, 9.17) is 10.5 Å². The van der Waals surface area contributed by atoms with Crippen molar-refractivity contribution in [1.29, 1.82) is 0 Å². The molecular formula is C13H11BrN2O5S2. The first kappa shape index (κ1) is 17.4. The van der Waals surface area contributed by atoms with Gasteiger partial charge in [0.15, 0.2) is 6.61 Å². The number of rotatable bonds is 6. The molecule has 2 aromatic rings. The highest BCUT2D eigenvalue weighted by Gasteiger charge is 2.21. The van der Waals surface area contributed by atoms with Crippen LogP contribution in [-0.4, -0.2) is 26.9 Å². The number of esters is 1. The Morgan fingerprint density at radius 1 is 1.22 bits per heavy atom. The van der Waals surface area contributed by atoms with Crippen LogP contribution >= 0.6 is 27.3 Å². The zero-order valence-electron chi connectivity index (χ0n) is 11.5. The zero-order valence-corrected chi connectivity index (χ0v) is 14.7. The van der Waals surface area contributed by atoms with Crippen molar-refractivity contribution in [2.45, 2.75) is 4.21 Å². The lowest BCUT2D eigenvalue weighted by Gasteiger charge is -2.11. The molecule has 0 spiro atoms. The van der Waals surface area contributed by atoms with Crippen molar-refractivity contribution in [3.8, 4) is 0 Å². The highest BCUT2D eigenvalue weighted by molar-refractivity contribution is 9.11. The SMILES string of the molecule is NC(=O)COC(=O)c1ccccc1NS(=O)(=O)c1ccc(Br)s1. The highest BCUT2D eigenvalue weighted by Crippen LogP contribution is 2.28. The number of thiophene rings is 1. The van der Waals surface area contributed by atoms with E-state index in [0.717, 1.165) is 11.3 Å². The maximum Gasteiger partial charge on any atom is 0.340 e. The Morgan fingerprint density at radius 3 is 2.52 bits per heavy atom. The zero-order chi connectivity index (χ0) is 17.0. The third-order valence-corrected chi connectivity index (χ3v) is 6.03. The molecule has 0 atom stereocenters. The molecule has 1 aromatic heterocycles. The Bertz CT molecular complexity index is 848. The summed E-state index contributed by atoms with van der Waals surface area (Å²) >= 11 is 4.22. The van der Waals surface area contributed by atoms with Crippen LogP contribution < -0.4 is 10.5 Å². The molecule has 1 heterocycles. The number of carbonyl (C=O) groups excluding carboxylic acids is 2. The molecule has 3 N–H and O–H groups in total. The maximum absolute atomic E-state index is 12.3. The van der Waals surface area contributed by atoms with Gasteiger partial charge in [0.2, 0.25) is 0 Å². The summed E-state index contributed by atoms with van der Waals surface area (Å²) in [5.74, 6) is -1.66. The topological polar surface area (TPSA) is 116 Å². The predicted octanol–water partition coefficient (Wildman–Crippen LogP) is 1.95. The first-order valence-electron chi connectivity index (χ1n) is 6.12. The van der Waals surface area contributed by atoms with Gasteiger partial charge >= 0.3 is 5.97 Å². The molecular weight excluding hydrogens is 408 g/mol. The van der Waals surface area contributed by atoms with Gasteiger partial charge in [0, 0.05) is 0 Å². The molecule has 0 aliphatic heterocycles. The van der Waals surface area contributed by atoms with Crippen molar-refractivity contribution in [1.82, 2.24) is 0 Å². The van der Waals surface area contributed by atoms with Crippen LogP contribution in [0.2, 0.25) is 0 Å². The van der Waals surface area contributed by atoms with E-state index in [1.54, 1.807) is 18.2 Å². The van der Waals surface area contributed by atoms with Crippen LogP contribution in [0.15, 0.2) is 44.4 Å². The lowest BCUT2D eigenvalue weighted by Crippen LogP contribution is -2.22. The molecule has 0 aliphatic carbocycles. The Hall–Kier alpha value is -1.91. The number of ether oxygens (including phenoxy) is 1. The Labute approximate surface area is 144 Å². The van der Waals surface area contributed by atoms with Gasteiger partial charge in [-0.2, -0.15) is 0 Å². The summed E-state index contributed by atoms with van der Waals surface area (Å²) in [5, 5.41) is 0. The fraction of sp³-hybridized carbons (Fsp3) is 0.0769. The summed E-state index contributed by atoms with van der Waals surface area (Å²) in [6, 6.07) is 8.94. The number of halogens is 1. The Kier molecular flexibility index (Phi) is 5.39. The molecule has 10 heteroatoms. The number of carbonyl (C=O) groups is 2. The molecule has 23 heavy (non-hydrogen) atoms. The fourth-order valence-corrected chi connectivity index (χ4v) is 4.69. The standard InChI is InChI=1S/C13H11BrN2O5S2/c14-10-5-6-12(22-10)23(19,20)16-9-4-2-1-3-8(9)13(18)21-7-11(15)17/h1-6,16H,7H2,(H2,15,17). The first-order valence-corrected chi connectivity index (χ1v) is 9.21. The third kappa shape index (κ3) is 4.53. The second kappa shape index (κ2) is 7.11. The molecule has 0 bridgehead atoms. The van der Waals surface area contributed by atoms with Crippen LogP contribution in [0.5, 0.6) is 0 Å². The van der Waals surface area contributed by atoms with E-state index in [1.807, 2.05) is 0 Å². The molecule has 1 amide bonds. The van der Waals surface area contributed by atoms with E-state index in [9.17, 15) is 18.0 Å². The van der Waals surface area contributed by atoms with Gasteiger partial charge in [-0.1, -0.05) is 12.1 Å². The maximum atomic E-state index is 12.3. The largest absolute Gasteiger partial charge is 0.452 e. The van der Waals surface area contributed by atoms with Gasteiger partial charge in [-0.3, -0.25) is 9.52 Å². The molecule has 2 rings (SSSR count). The van der Waals surface area contributed by atoms with Gasteiger partial charge in [0.1, 0.15) is 4.21 Å². The molecule has 0 saturated heterocycles. The summed E-state index contributed by atoms with van der Waals surface area (Å²) in [5.41, 5.74) is 4.93. The molecule has 1 aromatic carbocycles. The Morgan fingerprint density at radius 2 is 1.91 bits per heavy atom. The minimum absolute atomic E-state index is 0.0204. The second-order valence-electron chi connectivity index (χ2n) is 4.25. The Balaban J connectivity index is 2.27. The number of para-hydroxylation sites is 1. The van der Waals surface area contributed by atoms with Crippen LogP contribution in [0.3, 0.4) is 0 Å². The van der Waals surface area contributed by atoms with Crippen LogP contribution in [-0.2, 0) is 19.6 Å². The summed E-state index contributed by atoms with van der Waals surface area (Å²) in [6.45, 7) is -0.586. The second-order valence-corrected chi connectivity index (χ2v) is 8.62. The third-order valence-electron chi connectivity index (χ3n) is 2.55. The van der Waals surface area contributed by atoms with Crippen LogP contribution in [0.25, 0.3) is 0 Å². The van der Waals surface area contributed by atoms with E-state index in [0.29, 0.717) is 3.79 Å². The molecule has 0 unspecified atom stereocenters. The van der Waals surface area contributed by atoms with Crippen molar-refractivity contribution in [3.63, 3.8) is 0 Å². The van der Waals surface area contributed by atoms with E-state index >= 15 is 0 Å². The van der Waals surface area contributed by atoms with Crippen molar-refractivity contribution < 1.29 is 22.7 Å². The van der Waals surface area contributed by atoms with Crippen LogP contribution in [0, 0.1) is 0 Å². The average Bonchev–Trinajstić information content (AvgIpc) is 2.92. The number of hydrogen-bond donors (Lipinski definition) is 2.